The fraction of sp³-hybridized carbons (Fsp3) is 0.191. The van der Waals surface area contributed by atoms with Crippen LogP contribution in [0.3, 0.4) is 0 Å². The van der Waals surface area contributed by atoms with Gasteiger partial charge in [0.2, 0.25) is 5.91 Å². The molecule has 0 bridgehead atoms. The van der Waals surface area contributed by atoms with E-state index in [0.717, 1.165) is 0 Å². The van der Waals surface area contributed by atoms with Gasteiger partial charge in [-0.15, -0.1) is 0 Å². The number of rotatable bonds is 13. The van der Waals surface area contributed by atoms with Crippen LogP contribution in [0.5, 0.6) is 0 Å². The Kier molecular flexibility index (Phi) is 14.7. The highest BCUT2D eigenvalue weighted by molar-refractivity contribution is 7.88. The van der Waals surface area contributed by atoms with Crippen molar-refractivity contribution in [2.75, 3.05) is 11.5 Å². The smallest absolute Gasteiger partial charge is 0.347 e. The van der Waals surface area contributed by atoms with Crippen molar-refractivity contribution in [3.63, 3.8) is 0 Å². The molecule has 0 aromatic heterocycles. The molecular weight excluding hydrogens is 914 g/mol. The molecule has 0 fully saturated rings. The van der Waals surface area contributed by atoms with Gasteiger partial charge in [0, 0.05) is 5.69 Å². The number of alkyl halides is 12. The minimum Gasteiger partial charge on any atom is -0.347 e. The number of amides is 1. The second kappa shape index (κ2) is 19.7. The molecule has 6 aromatic carbocycles. The molecule has 65 heavy (non-hydrogen) atoms. The summed E-state index contributed by atoms with van der Waals surface area (Å²) >= 11 is 5.37. The highest BCUT2D eigenvalue weighted by Crippen LogP contribution is 2.60. The molecule has 0 aliphatic heterocycles. The third kappa shape index (κ3) is 12.7. The van der Waals surface area contributed by atoms with Crippen LogP contribution in [0, 0.1) is 0 Å². The van der Waals surface area contributed by atoms with Crippen molar-refractivity contribution >= 4 is 46.8 Å². The summed E-state index contributed by atoms with van der Waals surface area (Å²) in [6, 6.07) is 33.6. The molecular formula is C47H37F12N3OPS+. The lowest BCUT2D eigenvalue weighted by molar-refractivity contribution is -0.144. The van der Waals surface area contributed by atoms with Gasteiger partial charge in [0.05, 0.1) is 58.5 Å². The van der Waals surface area contributed by atoms with E-state index in [1.54, 1.807) is 109 Å². The molecule has 4 nitrogen and oxygen atoms in total. The maximum absolute atomic E-state index is 14.7. The number of thiocarbonyl (C=S) groups is 1. The van der Waals surface area contributed by atoms with Gasteiger partial charge in [-0.1, -0.05) is 97.1 Å². The van der Waals surface area contributed by atoms with Crippen LogP contribution in [-0.4, -0.2) is 23.2 Å². The summed E-state index contributed by atoms with van der Waals surface area (Å²) in [6.45, 7) is 0. The van der Waals surface area contributed by atoms with Gasteiger partial charge in [-0.05, 0) is 96.0 Å². The van der Waals surface area contributed by atoms with Gasteiger partial charge in [0.25, 0.3) is 0 Å². The Morgan fingerprint density at radius 3 is 1.34 bits per heavy atom. The number of carbonyl (C=O) groups excluding carboxylic acids is 1. The summed E-state index contributed by atoms with van der Waals surface area (Å²) in [4.78, 5) is 14.7. The summed E-state index contributed by atoms with van der Waals surface area (Å²) in [5.74, 6) is -0.779. The maximum Gasteiger partial charge on any atom is 0.416 e. The number of hydrogen-bond donors (Lipinski definition) is 3. The molecule has 18 heteroatoms. The molecule has 6 rings (SSSR count). The van der Waals surface area contributed by atoms with E-state index in [1.165, 1.54) is 12.1 Å². The number of nitrogens with one attached hydrogen (secondary N) is 3. The van der Waals surface area contributed by atoms with Gasteiger partial charge in [0.15, 0.2) is 5.11 Å². The van der Waals surface area contributed by atoms with Crippen LogP contribution in [0.2, 0.25) is 0 Å². The second-order valence-corrected chi connectivity index (χ2v) is 19.1. The van der Waals surface area contributed by atoms with Gasteiger partial charge in [-0.25, -0.2) is 0 Å². The third-order valence-corrected chi connectivity index (χ3v) is 15.1. The van der Waals surface area contributed by atoms with E-state index in [2.05, 4.69) is 16.0 Å². The predicted molar refractivity (Wildman–Crippen MR) is 231 cm³/mol. The molecule has 6 aromatic rings. The predicted octanol–water partition coefficient (Wildman–Crippen LogP) is 12.4. The first kappa shape index (κ1) is 48.5. The lowest BCUT2D eigenvalue weighted by atomic mass is 10.0. The van der Waals surface area contributed by atoms with Gasteiger partial charge in [-0.2, -0.15) is 52.7 Å². The Morgan fingerprint density at radius 1 is 0.508 bits per heavy atom. The van der Waals surface area contributed by atoms with Crippen molar-refractivity contribution in [2.45, 2.75) is 49.4 Å². The van der Waals surface area contributed by atoms with Crippen molar-refractivity contribution in [1.82, 2.24) is 10.6 Å². The molecule has 0 aliphatic carbocycles. The standard InChI is InChI=1S/C47H36F12N3OPS/c48-44(49,50)33-21-31(22-34(24-33)45(51,52)53)28-64(39-17-9-3-10-18-39,40-19-11-4-12-20-40)29-38(23-30-13-5-1-6-14-30)60-42(63)41(32-15-7-2-8-16-32)62-43(65)61-37-26-35(46(54,55)56)25-36(27-37)47(57,58)59/h1-22,24-27,38,41H,23,28-29H2,(H2-,60,61,62,63,65)/p+1/t38-,41+/m0/s1. The fourth-order valence-corrected chi connectivity index (χ4v) is 12.2. The zero-order valence-corrected chi connectivity index (χ0v) is 35.3. The molecule has 0 saturated carbocycles. The molecule has 0 heterocycles. The molecule has 0 spiro atoms. The molecule has 0 unspecified atom stereocenters. The molecule has 1 amide bonds. The summed E-state index contributed by atoms with van der Waals surface area (Å²) < 4.78 is 168. The average molecular weight is 951 g/mol. The summed E-state index contributed by atoms with van der Waals surface area (Å²) in [7, 11) is -3.22. The van der Waals surface area contributed by atoms with Gasteiger partial charge < -0.3 is 16.0 Å². The quantitative estimate of drug-likeness (QED) is 0.0613. The molecule has 0 radical (unpaired) electrons. The average Bonchev–Trinajstić information content (AvgIpc) is 3.25. The van der Waals surface area contributed by atoms with E-state index in [4.69, 9.17) is 12.2 Å². The van der Waals surface area contributed by atoms with Crippen LogP contribution in [0.4, 0.5) is 58.4 Å². The number of hydrogen-bond acceptors (Lipinski definition) is 2. The Labute approximate surface area is 371 Å². The van der Waals surface area contributed by atoms with E-state index in [-0.39, 0.29) is 42.0 Å². The zero-order chi connectivity index (χ0) is 47.2. The topological polar surface area (TPSA) is 53.2 Å². The highest BCUT2D eigenvalue weighted by atomic mass is 32.1. The van der Waals surface area contributed by atoms with Crippen LogP contribution in [0.1, 0.15) is 45.0 Å². The van der Waals surface area contributed by atoms with Crippen LogP contribution < -0.4 is 26.6 Å². The monoisotopic (exact) mass is 950 g/mol. The van der Waals surface area contributed by atoms with E-state index in [9.17, 15) is 57.5 Å². The Hall–Kier alpha value is -5.93. The van der Waals surface area contributed by atoms with Crippen molar-refractivity contribution in [3.05, 3.63) is 197 Å². The maximum atomic E-state index is 14.7. The Morgan fingerprint density at radius 2 is 0.908 bits per heavy atom. The molecule has 340 valence electrons. The van der Waals surface area contributed by atoms with Crippen LogP contribution >= 0.6 is 19.5 Å². The first-order valence-corrected chi connectivity index (χ1v) is 22.1. The second-order valence-electron chi connectivity index (χ2n) is 15.0. The lowest BCUT2D eigenvalue weighted by Gasteiger charge is -2.33. The molecule has 0 aliphatic rings. The minimum atomic E-state index is -5.16. The number of halogens is 12. The first-order valence-electron chi connectivity index (χ1n) is 19.5. The largest absolute Gasteiger partial charge is 0.416 e. The van der Waals surface area contributed by atoms with Crippen molar-refractivity contribution < 1.29 is 57.5 Å². The van der Waals surface area contributed by atoms with Crippen molar-refractivity contribution in [2.24, 2.45) is 0 Å². The summed E-state index contributed by atoms with van der Waals surface area (Å²) in [5.41, 5.74) is -6.16. The van der Waals surface area contributed by atoms with Crippen LogP contribution in [-0.2, 0) is 42.1 Å². The Bertz CT molecular complexity index is 2450. The van der Waals surface area contributed by atoms with E-state index >= 15 is 0 Å². The van der Waals surface area contributed by atoms with E-state index in [1.807, 2.05) is 0 Å². The van der Waals surface area contributed by atoms with Crippen molar-refractivity contribution in [1.29, 1.82) is 0 Å². The number of benzene rings is 6. The van der Waals surface area contributed by atoms with E-state index < -0.39 is 83.0 Å². The molecule has 0 saturated heterocycles. The molecule has 2 atom stereocenters. The number of anilines is 1. The van der Waals surface area contributed by atoms with Gasteiger partial charge in [0.1, 0.15) is 6.04 Å². The minimum absolute atomic E-state index is 0.0199. The number of carbonyl (C=O) groups is 1. The molecule has 3 N–H and O–H groups in total. The van der Waals surface area contributed by atoms with E-state index in [0.29, 0.717) is 40.4 Å². The van der Waals surface area contributed by atoms with Gasteiger partial charge in [-0.3, -0.25) is 4.79 Å². The lowest BCUT2D eigenvalue weighted by Crippen LogP contribution is -2.48. The normalized spacial score (nSPS) is 13.4. The highest BCUT2D eigenvalue weighted by Gasteiger charge is 2.47. The van der Waals surface area contributed by atoms with Crippen molar-refractivity contribution in [3.8, 4) is 0 Å². The third-order valence-electron chi connectivity index (χ3n) is 10.3. The fourth-order valence-electron chi connectivity index (χ4n) is 7.45. The van der Waals surface area contributed by atoms with Crippen LogP contribution in [0.15, 0.2) is 158 Å². The van der Waals surface area contributed by atoms with Gasteiger partial charge >= 0.3 is 24.7 Å². The Balaban J connectivity index is 1.44. The van der Waals surface area contributed by atoms with Crippen LogP contribution in [0.25, 0.3) is 0 Å². The zero-order valence-electron chi connectivity index (χ0n) is 33.6. The first-order chi connectivity index (χ1) is 30.5. The summed E-state index contributed by atoms with van der Waals surface area (Å²) in [6.07, 6.45) is -20.8. The SMILES string of the molecule is O=C(N[C@@H](Cc1ccccc1)C[P+](Cc1cc(C(F)(F)F)cc(C(F)(F)F)c1)(c1ccccc1)c1ccccc1)[C@H](NC(=S)Nc1cc(C(F)(F)F)cc(C(F)(F)F)c1)c1ccccc1. The summed E-state index contributed by atoms with van der Waals surface area (Å²) in [5, 5.41) is 8.76.